The molecule has 0 aliphatic heterocycles. The zero-order chi connectivity index (χ0) is 16.4. The predicted molar refractivity (Wildman–Crippen MR) is 89.0 cm³/mol. The van der Waals surface area contributed by atoms with Crippen molar-refractivity contribution in [2.24, 2.45) is 0 Å². The van der Waals surface area contributed by atoms with Crippen LogP contribution in [0.3, 0.4) is 0 Å². The van der Waals surface area contributed by atoms with E-state index in [0.717, 1.165) is 0 Å². The summed E-state index contributed by atoms with van der Waals surface area (Å²) in [7, 11) is -6.16. The monoisotopic (exact) mass is 432 g/mol. The molecule has 0 spiro atoms. The zero-order valence-corrected chi connectivity index (χ0v) is 15.3. The summed E-state index contributed by atoms with van der Waals surface area (Å²) in [6.07, 6.45) is 3.90. The second-order valence-electron chi connectivity index (χ2n) is 4.67. The fourth-order valence-electron chi connectivity index (χ4n) is 1.94. The van der Waals surface area contributed by atoms with E-state index in [9.17, 15) is 17.3 Å². The quantitative estimate of drug-likeness (QED) is 0.346. The molecule has 0 heterocycles. The van der Waals surface area contributed by atoms with Crippen LogP contribution in [0.5, 0.6) is 0 Å². The van der Waals surface area contributed by atoms with E-state index in [1.54, 1.807) is 0 Å². The van der Waals surface area contributed by atoms with Gasteiger partial charge in [0.1, 0.15) is 0 Å². The molecular weight excluding hydrogens is 413 g/mol. The van der Waals surface area contributed by atoms with Gasteiger partial charge in [0.25, 0.3) is 0 Å². The molecule has 2 aromatic rings. The van der Waals surface area contributed by atoms with E-state index in [-0.39, 0.29) is 27.4 Å². The smallest absolute Gasteiger partial charge is 0.418 e. The van der Waals surface area contributed by atoms with Crippen LogP contribution in [0.1, 0.15) is 19.8 Å². The van der Waals surface area contributed by atoms with Gasteiger partial charge in [-0.25, -0.2) is 0 Å². The Balaban J connectivity index is 0.000000709. The first-order valence-electron chi connectivity index (χ1n) is 7.16. The summed E-state index contributed by atoms with van der Waals surface area (Å²) in [6.45, 7) is 2.27. The minimum atomic E-state index is -6.00. The van der Waals surface area contributed by atoms with E-state index in [2.05, 4.69) is 67.6 Å². The van der Waals surface area contributed by atoms with Gasteiger partial charge in [-0.3, -0.25) is 0 Å². The molecule has 0 nitrogen and oxygen atoms in total. The SMILES string of the molecule is CCCCP(c1ccccc1)c1ccccc1.F[B-](F)(F)F.[Rh+]. The van der Waals surface area contributed by atoms with E-state index in [0.29, 0.717) is 0 Å². The fourth-order valence-corrected chi connectivity index (χ4v) is 4.45. The Morgan fingerprint density at radius 1 is 0.783 bits per heavy atom. The average molecular weight is 432 g/mol. The maximum absolute atomic E-state index is 9.75. The average Bonchev–Trinajstić information content (AvgIpc) is 2.48. The van der Waals surface area contributed by atoms with Gasteiger partial charge in [0.15, 0.2) is 0 Å². The maximum Gasteiger partial charge on any atom is 1.00 e. The number of benzene rings is 2. The molecule has 0 amide bonds. The first-order chi connectivity index (χ1) is 10.4. The Kier molecular flexibility index (Phi) is 11.4. The van der Waals surface area contributed by atoms with E-state index in [1.165, 1.54) is 29.6 Å². The molecule has 2 aromatic carbocycles. The van der Waals surface area contributed by atoms with Crippen molar-refractivity contribution in [2.45, 2.75) is 19.8 Å². The Morgan fingerprint density at radius 3 is 1.43 bits per heavy atom. The number of hydrogen-bond acceptors (Lipinski definition) is 0. The fraction of sp³-hybridized carbons (Fsp3) is 0.250. The Morgan fingerprint density at radius 2 is 1.13 bits per heavy atom. The molecule has 0 aliphatic rings. The molecule has 0 saturated heterocycles. The van der Waals surface area contributed by atoms with Crippen molar-refractivity contribution >= 4 is 25.8 Å². The van der Waals surface area contributed by atoms with Crippen LogP contribution in [0.15, 0.2) is 60.7 Å². The molecule has 0 radical (unpaired) electrons. The van der Waals surface area contributed by atoms with Gasteiger partial charge < -0.3 is 17.3 Å². The van der Waals surface area contributed by atoms with E-state index in [1.807, 2.05) is 0 Å². The minimum absolute atomic E-state index is 0. The van der Waals surface area contributed by atoms with Crippen LogP contribution in [0.25, 0.3) is 0 Å². The minimum Gasteiger partial charge on any atom is -0.418 e. The van der Waals surface area contributed by atoms with Gasteiger partial charge in [0.2, 0.25) is 0 Å². The number of hydrogen-bond donors (Lipinski definition) is 0. The van der Waals surface area contributed by atoms with Crippen molar-refractivity contribution in [3.8, 4) is 0 Å². The third kappa shape index (κ3) is 10.6. The van der Waals surface area contributed by atoms with Crippen molar-refractivity contribution < 1.29 is 36.7 Å². The molecular formula is C16H19BF4PRh. The largest absolute Gasteiger partial charge is 1.00 e. The standard InChI is InChI=1S/C16H19P.BF4.Rh/c1-2-3-14-17(15-10-6-4-7-11-15)16-12-8-5-9-13-16;2-1(3,4)5;/h4-13H,2-3,14H2,1H3;;/q;-1;+1. The molecule has 0 atom stereocenters. The molecule has 0 aliphatic carbocycles. The summed E-state index contributed by atoms with van der Waals surface area (Å²) < 4.78 is 39.0. The summed E-state index contributed by atoms with van der Waals surface area (Å²) in [4.78, 5) is 0. The Bertz CT molecular complexity index is 477. The third-order valence-corrected chi connectivity index (χ3v) is 5.48. The van der Waals surface area contributed by atoms with Crippen molar-refractivity contribution in [3.05, 3.63) is 60.7 Å². The number of unbranched alkanes of at least 4 members (excludes halogenated alkanes) is 1. The van der Waals surface area contributed by atoms with E-state index >= 15 is 0 Å². The Labute approximate surface area is 149 Å². The molecule has 2 rings (SSSR count). The molecule has 0 aromatic heterocycles. The summed E-state index contributed by atoms with van der Waals surface area (Å²) in [5.74, 6) is 0. The maximum atomic E-state index is 9.75. The molecule has 128 valence electrons. The number of rotatable bonds is 5. The second-order valence-corrected chi connectivity index (χ2v) is 7.01. The van der Waals surface area contributed by atoms with Crippen LogP contribution in [-0.4, -0.2) is 13.4 Å². The molecule has 0 fully saturated rings. The van der Waals surface area contributed by atoms with Crippen LogP contribution in [-0.2, 0) is 19.5 Å². The summed E-state index contributed by atoms with van der Waals surface area (Å²) >= 11 is 0. The molecule has 0 N–H and O–H groups in total. The summed E-state index contributed by atoms with van der Waals surface area (Å²) in [5, 5.41) is 3.00. The van der Waals surface area contributed by atoms with Gasteiger partial charge in [-0.1, -0.05) is 74.0 Å². The normalized spacial score (nSPS) is 10.5. The van der Waals surface area contributed by atoms with Gasteiger partial charge in [-0.05, 0) is 31.1 Å². The number of halogens is 4. The van der Waals surface area contributed by atoms with Gasteiger partial charge in [-0.15, -0.1) is 0 Å². The first-order valence-corrected chi connectivity index (χ1v) is 8.69. The van der Waals surface area contributed by atoms with Crippen LogP contribution in [0.4, 0.5) is 17.3 Å². The van der Waals surface area contributed by atoms with E-state index < -0.39 is 7.25 Å². The van der Waals surface area contributed by atoms with Crippen LogP contribution < -0.4 is 10.6 Å². The topological polar surface area (TPSA) is 0 Å². The van der Waals surface area contributed by atoms with Crippen molar-refractivity contribution in [2.75, 3.05) is 6.16 Å². The van der Waals surface area contributed by atoms with Crippen LogP contribution in [0, 0.1) is 0 Å². The molecule has 0 saturated carbocycles. The van der Waals surface area contributed by atoms with Crippen molar-refractivity contribution in [3.63, 3.8) is 0 Å². The van der Waals surface area contributed by atoms with Gasteiger partial charge >= 0.3 is 26.7 Å². The third-order valence-electron chi connectivity index (χ3n) is 2.87. The zero-order valence-electron chi connectivity index (χ0n) is 12.8. The van der Waals surface area contributed by atoms with E-state index in [4.69, 9.17) is 0 Å². The van der Waals surface area contributed by atoms with Crippen LogP contribution in [0.2, 0.25) is 0 Å². The predicted octanol–water partition coefficient (Wildman–Crippen LogP) is 5.22. The molecule has 23 heavy (non-hydrogen) atoms. The molecule has 0 unspecified atom stereocenters. The molecule has 0 bridgehead atoms. The van der Waals surface area contributed by atoms with Crippen LogP contribution >= 0.6 is 7.92 Å². The van der Waals surface area contributed by atoms with Crippen molar-refractivity contribution in [1.82, 2.24) is 0 Å². The van der Waals surface area contributed by atoms with Gasteiger partial charge in [-0.2, -0.15) is 0 Å². The van der Waals surface area contributed by atoms with Crippen molar-refractivity contribution in [1.29, 1.82) is 0 Å². The Hall–Kier alpha value is -0.722. The summed E-state index contributed by atoms with van der Waals surface area (Å²) in [5.41, 5.74) is 0. The van der Waals surface area contributed by atoms with Gasteiger partial charge in [0.05, 0.1) is 0 Å². The summed E-state index contributed by atoms with van der Waals surface area (Å²) in [6, 6.07) is 21.9. The second kappa shape index (κ2) is 11.8. The van der Waals surface area contributed by atoms with Gasteiger partial charge in [0, 0.05) is 0 Å². The first kappa shape index (κ1) is 22.3. The molecule has 7 heteroatoms.